The predicted molar refractivity (Wildman–Crippen MR) is 80.1 cm³/mol. The van der Waals surface area contributed by atoms with Crippen LogP contribution in [0.3, 0.4) is 0 Å². The second-order valence-electron chi connectivity index (χ2n) is 4.86. The molecule has 1 atom stereocenters. The summed E-state index contributed by atoms with van der Waals surface area (Å²) in [7, 11) is 0. The van der Waals surface area contributed by atoms with E-state index in [2.05, 4.69) is 20.8 Å². The first-order valence-corrected chi connectivity index (χ1v) is 6.67. The van der Waals surface area contributed by atoms with E-state index in [0.717, 1.165) is 5.69 Å². The molecule has 0 saturated heterocycles. The van der Waals surface area contributed by atoms with E-state index in [0.29, 0.717) is 16.9 Å². The van der Waals surface area contributed by atoms with Crippen LogP contribution in [0.1, 0.15) is 28.7 Å². The minimum absolute atomic E-state index is 0.279. The average molecular weight is 286 g/mol. The molecule has 0 radical (unpaired) electrons. The van der Waals surface area contributed by atoms with Gasteiger partial charge in [0.25, 0.3) is 5.91 Å². The number of amides is 2. The van der Waals surface area contributed by atoms with Gasteiger partial charge in [-0.3, -0.25) is 14.7 Å². The average Bonchev–Trinajstić information content (AvgIpc) is 2.79. The van der Waals surface area contributed by atoms with Crippen LogP contribution in [0.5, 0.6) is 0 Å². The lowest BCUT2D eigenvalue weighted by molar-refractivity contribution is -0.117. The maximum Gasteiger partial charge on any atom is 0.251 e. The fourth-order valence-electron chi connectivity index (χ4n) is 1.90. The number of aryl methyl sites for hydroxylation is 2. The van der Waals surface area contributed by atoms with Crippen LogP contribution < -0.4 is 10.6 Å². The summed E-state index contributed by atoms with van der Waals surface area (Å²) < 4.78 is 0. The molecule has 1 unspecified atom stereocenters. The number of aromatic amines is 1. The number of hydrogen-bond acceptors (Lipinski definition) is 3. The molecule has 0 fully saturated rings. The number of aromatic nitrogens is 2. The Labute approximate surface area is 122 Å². The van der Waals surface area contributed by atoms with Gasteiger partial charge in [-0.2, -0.15) is 5.10 Å². The standard InChI is InChI=1S/C15H18N4O2/c1-9-13(10(2)19-18-9)17-14(20)11(3)16-15(21)12-7-5-4-6-8-12/h4-8,11H,1-3H3,(H,16,21)(H,17,20)(H,18,19). The van der Waals surface area contributed by atoms with Crippen LogP contribution >= 0.6 is 0 Å². The third-order valence-corrected chi connectivity index (χ3v) is 3.15. The predicted octanol–water partition coefficient (Wildman–Crippen LogP) is 1.78. The molecule has 2 aromatic rings. The Morgan fingerprint density at radius 3 is 2.43 bits per heavy atom. The Hall–Kier alpha value is -2.63. The van der Waals surface area contributed by atoms with Gasteiger partial charge in [-0.05, 0) is 32.9 Å². The monoisotopic (exact) mass is 286 g/mol. The van der Waals surface area contributed by atoms with E-state index in [4.69, 9.17) is 0 Å². The van der Waals surface area contributed by atoms with Crippen molar-refractivity contribution in [1.82, 2.24) is 15.5 Å². The van der Waals surface area contributed by atoms with E-state index >= 15 is 0 Å². The molecule has 1 aromatic heterocycles. The minimum atomic E-state index is -0.647. The first kappa shape index (κ1) is 14.8. The highest BCUT2D eigenvalue weighted by Gasteiger charge is 2.18. The highest BCUT2D eigenvalue weighted by molar-refractivity contribution is 6.01. The molecule has 2 rings (SSSR count). The van der Waals surface area contributed by atoms with Crippen molar-refractivity contribution in [1.29, 1.82) is 0 Å². The van der Waals surface area contributed by atoms with Crippen LogP contribution in [0, 0.1) is 13.8 Å². The summed E-state index contributed by atoms with van der Waals surface area (Å²) >= 11 is 0. The van der Waals surface area contributed by atoms with Gasteiger partial charge in [0.05, 0.1) is 17.1 Å². The normalized spacial score (nSPS) is 11.8. The van der Waals surface area contributed by atoms with Crippen LogP contribution in [-0.2, 0) is 4.79 Å². The van der Waals surface area contributed by atoms with Crippen molar-refractivity contribution in [3.8, 4) is 0 Å². The van der Waals surface area contributed by atoms with Crippen molar-refractivity contribution in [2.75, 3.05) is 5.32 Å². The summed E-state index contributed by atoms with van der Waals surface area (Å²) in [5.74, 6) is -0.564. The van der Waals surface area contributed by atoms with Gasteiger partial charge in [-0.15, -0.1) is 0 Å². The molecule has 1 aromatic carbocycles. The van der Waals surface area contributed by atoms with Crippen molar-refractivity contribution in [3.63, 3.8) is 0 Å². The second kappa shape index (κ2) is 6.21. The Morgan fingerprint density at radius 1 is 1.19 bits per heavy atom. The van der Waals surface area contributed by atoms with E-state index in [1.54, 1.807) is 38.1 Å². The zero-order valence-corrected chi connectivity index (χ0v) is 12.2. The van der Waals surface area contributed by atoms with E-state index in [9.17, 15) is 9.59 Å². The molecule has 0 aliphatic rings. The number of anilines is 1. The quantitative estimate of drug-likeness (QED) is 0.800. The van der Waals surface area contributed by atoms with Crippen LogP contribution in [0.4, 0.5) is 5.69 Å². The van der Waals surface area contributed by atoms with E-state index in [1.165, 1.54) is 0 Å². The summed E-state index contributed by atoms with van der Waals surface area (Å²) in [6, 6.07) is 8.13. The number of rotatable bonds is 4. The van der Waals surface area contributed by atoms with Crippen molar-refractivity contribution < 1.29 is 9.59 Å². The SMILES string of the molecule is Cc1n[nH]c(C)c1NC(=O)C(C)NC(=O)c1ccccc1. The molecule has 0 spiro atoms. The summed E-state index contributed by atoms with van der Waals surface area (Å²) in [6.45, 7) is 5.26. The lowest BCUT2D eigenvalue weighted by Crippen LogP contribution is -2.41. The number of nitrogens with one attached hydrogen (secondary N) is 3. The third kappa shape index (κ3) is 3.47. The Morgan fingerprint density at radius 2 is 1.86 bits per heavy atom. The van der Waals surface area contributed by atoms with Gasteiger partial charge in [0.15, 0.2) is 0 Å². The van der Waals surface area contributed by atoms with E-state index < -0.39 is 6.04 Å². The molecule has 110 valence electrons. The van der Waals surface area contributed by atoms with E-state index in [-0.39, 0.29) is 11.8 Å². The van der Waals surface area contributed by atoms with Crippen molar-refractivity contribution in [2.45, 2.75) is 26.8 Å². The molecule has 6 heteroatoms. The second-order valence-corrected chi connectivity index (χ2v) is 4.86. The minimum Gasteiger partial charge on any atom is -0.341 e. The molecule has 0 bridgehead atoms. The van der Waals surface area contributed by atoms with Gasteiger partial charge in [0.1, 0.15) is 6.04 Å². The van der Waals surface area contributed by atoms with Crippen LogP contribution in [0.15, 0.2) is 30.3 Å². The first-order chi connectivity index (χ1) is 9.99. The molecular formula is C15H18N4O2. The van der Waals surface area contributed by atoms with Gasteiger partial charge >= 0.3 is 0 Å². The highest BCUT2D eigenvalue weighted by atomic mass is 16.2. The maximum atomic E-state index is 12.1. The van der Waals surface area contributed by atoms with Gasteiger partial charge < -0.3 is 10.6 Å². The molecule has 3 N–H and O–H groups in total. The fourth-order valence-corrected chi connectivity index (χ4v) is 1.90. The van der Waals surface area contributed by atoms with Crippen LogP contribution in [0.2, 0.25) is 0 Å². The van der Waals surface area contributed by atoms with Gasteiger partial charge in [-0.1, -0.05) is 18.2 Å². The summed E-state index contributed by atoms with van der Waals surface area (Å²) in [5, 5.41) is 12.2. The zero-order valence-electron chi connectivity index (χ0n) is 12.2. The molecular weight excluding hydrogens is 268 g/mol. The van der Waals surface area contributed by atoms with E-state index in [1.807, 2.05) is 13.0 Å². The number of hydrogen-bond donors (Lipinski definition) is 3. The van der Waals surface area contributed by atoms with Gasteiger partial charge in [0, 0.05) is 5.56 Å². The molecule has 0 saturated carbocycles. The Kier molecular flexibility index (Phi) is 4.37. The summed E-state index contributed by atoms with van der Waals surface area (Å²) in [5.41, 5.74) is 2.67. The Balaban J connectivity index is 1.99. The smallest absolute Gasteiger partial charge is 0.251 e. The first-order valence-electron chi connectivity index (χ1n) is 6.67. The lowest BCUT2D eigenvalue weighted by Gasteiger charge is -2.14. The van der Waals surface area contributed by atoms with Crippen molar-refractivity contribution >= 4 is 17.5 Å². The highest BCUT2D eigenvalue weighted by Crippen LogP contribution is 2.16. The Bertz CT molecular complexity index is 629. The summed E-state index contributed by atoms with van der Waals surface area (Å²) in [4.78, 5) is 24.1. The van der Waals surface area contributed by atoms with Gasteiger partial charge in [0.2, 0.25) is 5.91 Å². The van der Waals surface area contributed by atoms with Crippen molar-refractivity contribution in [3.05, 3.63) is 47.3 Å². The van der Waals surface area contributed by atoms with Crippen LogP contribution in [0.25, 0.3) is 0 Å². The molecule has 0 aliphatic heterocycles. The number of carbonyl (C=O) groups is 2. The summed E-state index contributed by atoms with van der Waals surface area (Å²) in [6.07, 6.45) is 0. The van der Waals surface area contributed by atoms with Crippen LogP contribution in [-0.4, -0.2) is 28.1 Å². The maximum absolute atomic E-state index is 12.1. The topological polar surface area (TPSA) is 86.9 Å². The molecule has 21 heavy (non-hydrogen) atoms. The zero-order chi connectivity index (χ0) is 15.4. The fraction of sp³-hybridized carbons (Fsp3) is 0.267. The number of carbonyl (C=O) groups excluding carboxylic acids is 2. The third-order valence-electron chi connectivity index (χ3n) is 3.15. The molecule has 0 aliphatic carbocycles. The molecule has 2 amide bonds. The largest absolute Gasteiger partial charge is 0.341 e. The number of H-pyrrole nitrogens is 1. The number of benzene rings is 1. The molecule has 1 heterocycles. The number of nitrogens with zero attached hydrogens (tertiary/aromatic N) is 1. The lowest BCUT2D eigenvalue weighted by atomic mass is 10.2. The molecule has 6 nitrogen and oxygen atoms in total. The van der Waals surface area contributed by atoms with Crippen molar-refractivity contribution in [2.24, 2.45) is 0 Å². The van der Waals surface area contributed by atoms with Gasteiger partial charge in [-0.25, -0.2) is 0 Å².